The van der Waals surface area contributed by atoms with Crippen molar-refractivity contribution >= 4 is 11.8 Å². The summed E-state index contributed by atoms with van der Waals surface area (Å²) in [6.45, 7) is 2.47. The van der Waals surface area contributed by atoms with Crippen LogP contribution in [0.5, 0.6) is 0 Å². The van der Waals surface area contributed by atoms with Crippen LogP contribution < -0.4 is 5.32 Å². The molecule has 1 N–H and O–H groups in total. The van der Waals surface area contributed by atoms with E-state index >= 15 is 0 Å². The molecule has 3 aliphatic rings. The molecule has 4 rings (SSSR count). The zero-order chi connectivity index (χ0) is 19.5. The zero-order valence-corrected chi connectivity index (χ0v) is 17.0. The van der Waals surface area contributed by atoms with Crippen molar-refractivity contribution in [1.29, 1.82) is 0 Å². The Labute approximate surface area is 167 Å². The summed E-state index contributed by atoms with van der Waals surface area (Å²) in [4.78, 5) is 33.8. The number of amides is 2. The number of likely N-dealkylation sites (tertiary alicyclic amines) is 2. The summed E-state index contributed by atoms with van der Waals surface area (Å²) in [6, 6.07) is 2.61. The molecule has 2 aliphatic heterocycles. The fourth-order valence-electron chi connectivity index (χ4n) is 4.90. The number of rotatable bonds is 5. The van der Waals surface area contributed by atoms with Gasteiger partial charge in [0.1, 0.15) is 0 Å². The Morgan fingerprint density at radius 3 is 2.68 bits per heavy atom. The Hall–Kier alpha value is -1.95. The molecule has 0 unspecified atom stereocenters. The minimum Gasteiger partial charge on any atom is -0.350 e. The second kappa shape index (κ2) is 8.60. The number of nitrogens with zero attached hydrogens (tertiary/aromatic N) is 3. The van der Waals surface area contributed by atoms with Crippen LogP contribution in [0, 0.1) is 0 Å². The first-order chi connectivity index (χ1) is 13.6. The standard InChI is InChI=1S/C22H32N4O2/c1-25-18(13-21(27)26-10-4-5-11-26)8-9-19(25)15-24-22(28)17-12-16-6-2-3-7-20(16)23-14-17/h12,14,18-19H,2-11,13,15H2,1H3,(H,24,28)/t18-,19+/m1/s1. The second-order valence-corrected chi connectivity index (χ2v) is 8.59. The van der Waals surface area contributed by atoms with Crippen molar-refractivity contribution in [2.45, 2.75) is 69.9 Å². The van der Waals surface area contributed by atoms with Gasteiger partial charge in [0.05, 0.1) is 5.56 Å². The minimum atomic E-state index is -0.0362. The van der Waals surface area contributed by atoms with E-state index in [0.29, 0.717) is 36.5 Å². The van der Waals surface area contributed by atoms with E-state index in [9.17, 15) is 9.59 Å². The first kappa shape index (κ1) is 19.4. The Kier molecular flexibility index (Phi) is 5.95. The normalized spacial score (nSPS) is 25.0. The van der Waals surface area contributed by atoms with Gasteiger partial charge in [0.15, 0.2) is 0 Å². The van der Waals surface area contributed by atoms with Crippen molar-refractivity contribution in [2.75, 3.05) is 26.7 Å². The van der Waals surface area contributed by atoms with E-state index in [-0.39, 0.29) is 5.91 Å². The first-order valence-corrected chi connectivity index (χ1v) is 10.9. The van der Waals surface area contributed by atoms with Crippen LogP contribution in [0.3, 0.4) is 0 Å². The molecule has 1 aromatic heterocycles. The molecule has 2 atom stereocenters. The molecule has 6 nitrogen and oxygen atoms in total. The van der Waals surface area contributed by atoms with Gasteiger partial charge < -0.3 is 10.2 Å². The molecule has 0 bridgehead atoms. The number of hydrogen-bond donors (Lipinski definition) is 1. The topological polar surface area (TPSA) is 65.5 Å². The Morgan fingerprint density at radius 2 is 1.86 bits per heavy atom. The highest BCUT2D eigenvalue weighted by Crippen LogP contribution is 2.26. The van der Waals surface area contributed by atoms with Crippen molar-refractivity contribution in [2.24, 2.45) is 0 Å². The maximum absolute atomic E-state index is 12.6. The van der Waals surface area contributed by atoms with E-state index in [1.807, 2.05) is 11.0 Å². The molecule has 152 valence electrons. The van der Waals surface area contributed by atoms with Crippen LogP contribution in [0.1, 0.15) is 66.6 Å². The van der Waals surface area contributed by atoms with Gasteiger partial charge >= 0.3 is 0 Å². The van der Waals surface area contributed by atoms with Crippen molar-refractivity contribution in [3.8, 4) is 0 Å². The third-order valence-corrected chi connectivity index (χ3v) is 6.78. The molecule has 6 heteroatoms. The summed E-state index contributed by atoms with van der Waals surface area (Å²) < 4.78 is 0. The van der Waals surface area contributed by atoms with Gasteiger partial charge in [0.2, 0.25) is 5.91 Å². The fraction of sp³-hybridized carbons (Fsp3) is 0.682. The monoisotopic (exact) mass is 384 g/mol. The molecule has 2 fully saturated rings. The van der Waals surface area contributed by atoms with Crippen LogP contribution in [-0.4, -0.2) is 65.4 Å². The number of likely N-dealkylation sites (N-methyl/N-ethyl adjacent to an activating group) is 1. The Balaban J connectivity index is 1.27. The first-order valence-electron chi connectivity index (χ1n) is 10.9. The number of carbonyl (C=O) groups is 2. The van der Waals surface area contributed by atoms with Crippen molar-refractivity contribution in [3.63, 3.8) is 0 Å². The quantitative estimate of drug-likeness (QED) is 0.845. The molecule has 1 aliphatic carbocycles. The van der Waals surface area contributed by atoms with Gasteiger partial charge in [-0.3, -0.25) is 19.5 Å². The molecule has 0 aromatic carbocycles. The van der Waals surface area contributed by atoms with Crippen LogP contribution in [0.2, 0.25) is 0 Å². The molecule has 3 heterocycles. The lowest BCUT2D eigenvalue weighted by atomic mass is 9.95. The largest absolute Gasteiger partial charge is 0.350 e. The van der Waals surface area contributed by atoms with Crippen LogP contribution in [0.15, 0.2) is 12.3 Å². The SMILES string of the molecule is CN1[C@@H](CC(=O)N2CCCC2)CC[C@H]1CNC(=O)c1cnc2c(c1)CCCC2. The fourth-order valence-corrected chi connectivity index (χ4v) is 4.90. The highest BCUT2D eigenvalue weighted by atomic mass is 16.2. The summed E-state index contributed by atoms with van der Waals surface area (Å²) in [5.41, 5.74) is 3.06. The van der Waals surface area contributed by atoms with E-state index in [0.717, 1.165) is 57.3 Å². The van der Waals surface area contributed by atoms with E-state index in [4.69, 9.17) is 0 Å². The lowest BCUT2D eigenvalue weighted by molar-refractivity contribution is -0.131. The van der Waals surface area contributed by atoms with Gasteiger partial charge in [-0.05, 0) is 70.0 Å². The number of nitrogens with one attached hydrogen (secondary N) is 1. The lowest BCUT2D eigenvalue weighted by Crippen LogP contribution is -2.42. The van der Waals surface area contributed by atoms with Crippen molar-refractivity contribution in [3.05, 3.63) is 29.1 Å². The van der Waals surface area contributed by atoms with Crippen LogP contribution >= 0.6 is 0 Å². The van der Waals surface area contributed by atoms with Gasteiger partial charge in [-0.25, -0.2) is 0 Å². The predicted molar refractivity (Wildman–Crippen MR) is 108 cm³/mol. The highest BCUT2D eigenvalue weighted by molar-refractivity contribution is 5.94. The Bertz CT molecular complexity index is 729. The summed E-state index contributed by atoms with van der Waals surface area (Å²) in [7, 11) is 2.09. The van der Waals surface area contributed by atoms with Gasteiger partial charge in [-0.1, -0.05) is 0 Å². The van der Waals surface area contributed by atoms with Gasteiger partial charge in [-0.2, -0.15) is 0 Å². The van der Waals surface area contributed by atoms with Gasteiger partial charge in [0, 0.05) is 50.0 Å². The van der Waals surface area contributed by atoms with E-state index in [1.54, 1.807) is 6.20 Å². The Morgan fingerprint density at radius 1 is 1.11 bits per heavy atom. The van der Waals surface area contributed by atoms with Gasteiger partial charge in [-0.15, -0.1) is 0 Å². The molecule has 1 aromatic rings. The average Bonchev–Trinajstić information content (AvgIpc) is 3.37. The van der Waals surface area contributed by atoms with Gasteiger partial charge in [0.25, 0.3) is 5.91 Å². The number of aromatic nitrogens is 1. The predicted octanol–water partition coefficient (Wildman–Crippen LogP) is 2.17. The van der Waals surface area contributed by atoms with E-state index < -0.39 is 0 Å². The molecular formula is C22H32N4O2. The smallest absolute Gasteiger partial charge is 0.252 e. The average molecular weight is 385 g/mol. The molecule has 0 spiro atoms. The molecule has 0 saturated carbocycles. The lowest BCUT2D eigenvalue weighted by Gasteiger charge is -2.27. The third kappa shape index (κ3) is 4.22. The highest BCUT2D eigenvalue weighted by Gasteiger charge is 2.33. The third-order valence-electron chi connectivity index (χ3n) is 6.78. The minimum absolute atomic E-state index is 0.0362. The number of fused-ring (bicyclic) bond motifs is 1. The molecular weight excluding hydrogens is 352 g/mol. The maximum Gasteiger partial charge on any atom is 0.252 e. The maximum atomic E-state index is 12.6. The number of aryl methyl sites for hydroxylation is 2. The second-order valence-electron chi connectivity index (χ2n) is 8.59. The van der Waals surface area contributed by atoms with Crippen LogP contribution in [0.25, 0.3) is 0 Å². The van der Waals surface area contributed by atoms with Crippen LogP contribution in [0.4, 0.5) is 0 Å². The van der Waals surface area contributed by atoms with Crippen LogP contribution in [-0.2, 0) is 17.6 Å². The van der Waals surface area contributed by atoms with Crippen molar-refractivity contribution in [1.82, 2.24) is 20.1 Å². The zero-order valence-electron chi connectivity index (χ0n) is 17.0. The molecule has 2 amide bonds. The summed E-state index contributed by atoms with van der Waals surface area (Å²) in [5, 5.41) is 3.09. The summed E-state index contributed by atoms with van der Waals surface area (Å²) in [6.07, 6.45) is 11.1. The number of carbonyl (C=O) groups excluding carboxylic acids is 2. The van der Waals surface area contributed by atoms with E-state index in [2.05, 4.69) is 22.2 Å². The number of pyridine rings is 1. The van der Waals surface area contributed by atoms with E-state index in [1.165, 1.54) is 18.4 Å². The number of hydrogen-bond acceptors (Lipinski definition) is 4. The molecule has 28 heavy (non-hydrogen) atoms. The summed E-state index contributed by atoms with van der Waals surface area (Å²) >= 11 is 0. The van der Waals surface area contributed by atoms with Crippen molar-refractivity contribution < 1.29 is 9.59 Å². The molecule has 2 saturated heterocycles. The summed E-state index contributed by atoms with van der Waals surface area (Å²) in [5.74, 6) is 0.255. The molecule has 0 radical (unpaired) electrons.